The monoisotopic (exact) mass is 282 g/mol. The van der Waals surface area contributed by atoms with Crippen LogP contribution in [0, 0.1) is 12.8 Å². The van der Waals surface area contributed by atoms with Gasteiger partial charge >= 0.3 is 0 Å². The number of sulfone groups is 1. The number of aromatic nitrogens is 1. The van der Waals surface area contributed by atoms with E-state index in [4.69, 9.17) is 5.73 Å². The summed E-state index contributed by atoms with van der Waals surface area (Å²) in [5, 5.41) is -0.235. The molecule has 19 heavy (non-hydrogen) atoms. The van der Waals surface area contributed by atoms with E-state index in [0.717, 1.165) is 30.5 Å². The van der Waals surface area contributed by atoms with E-state index < -0.39 is 9.84 Å². The van der Waals surface area contributed by atoms with E-state index >= 15 is 0 Å². The average molecular weight is 282 g/mol. The van der Waals surface area contributed by atoms with E-state index in [1.54, 1.807) is 6.20 Å². The van der Waals surface area contributed by atoms with Crippen molar-refractivity contribution in [1.29, 1.82) is 0 Å². The Morgan fingerprint density at radius 1 is 1.42 bits per heavy atom. The lowest BCUT2D eigenvalue weighted by molar-refractivity contribution is 0.305. The van der Waals surface area contributed by atoms with Crippen molar-refractivity contribution in [2.45, 2.75) is 43.9 Å². The maximum atomic E-state index is 11.7. The van der Waals surface area contributed by atoms with Crippen LogP contribution in [0.15, 0.2) is 18.3 Å². The second-order valence-electron chi connectivity index (χ2n) is 5.61. The van der Waals surface area contributed by atoms with Gasteiger partial charge in [-0.1, -0.05) is 12.5 Å². The minimum absolute atomic E-state index is 0.161. The zero-order valence-corrected chi connectivity index (χ0v) is 12.4. The highest BCUT2D eigenvalue weighted by molar-refractivity contribution is 7.91. The SMILES string of the molecule is Cc1cccnc1C(N)C1CCCC(S(C)(=O)=O)C1. The molecule has 1 aromatic rings. The Hall–Kier alpha value is -0.940. The fraction of sp³-hybridized carbons (Fsp3) is 0.643. The van der Waals surface area contributed by atoms with Gasteiger partial charge in [0.1, 0.15) is 9.84 Å². The number of aryl methyl sites for hydroxylation is 1. The Morgan fingerprint density at radius 2 is 2.16 bits per heavy atom. The lowest BCUT2D eigenvalue weighted by Crippen LogP contribution is -2.33. The lowest BCUT2D eigenvalue weighted by Gasteiger charge is -2.32. The Balaban J connectivity index is 2.16. The van der Waals surface area contributed by atoms with Crippen LogP contribution in [0.3, 0.4) is 0 Å². The van der Waals surface area contributed by atoms with E-state index in [2.05, 4.69) is 4.98 Å². The second-order valence-corrected chi connectivity index (χ2v) is 7.94. The zero-order valence-electron chi connectivity index (χ0n) is 11.5. The molecule has 3 unspecified atom stereocenters. The predicted octanol–water partition coefficient (Wildman–Crippen LogP) is 1.99. The molecule has 0 aromatic carbocycles. The van der Waals surface area contributed by atoms with Crippen molar-refractivity contribution in [2.75, 3.05) is 6.26 Å². The number of rotatable bonds is 3. The normalized spacial score (nSPS) is 26.1. The summed E-state index contributed by atoms with van der Waals surface area (Å²) >= 11 is 0. The van der Waals surface area contributed by atoms with Crippen molar-refractivity contribution in [3.63, 3.8) is 0 Å². The number of pyridine rings is 1. The summed E-state index contributed by atoms with van der Waals surface area (Å²) < 4.78 is 23.4. The molecule has 1 heterocycles. The molecule has 3 atom stereocenters. The molecule has 1 saturated carbocycles. The first-order valence-electron chi connectivity index (χ1n) is 6.75. The largest absolute Gasteiger partial charge is 0.322 e. The van der Waals surface area contributed by atoms with Gasteiger partial charge in [-0.3, -0.25) is 4.98 Å². The highest BCUT2D eigenvalue weighted by Crippen LogP contribution is 2.35. The maximum Gasteiger partial charge on any atom is 0.150 e. The van der Waals surface area contributed by atoms with Crippen LogP contribution in [-0.4, -0.2) is 24.9 Å². The van der Waals surface area contributed by atoms with Crippen LogP contribution < -0.4 is 5.73 Å². The van der Waals surface area contributed by atoms with Gasteiger partial charge in [0.25, 0.3) is 0 Å². The molecular weight excluding hydrogens is 260 g/mol. The molecule has 5 heteroatoms. The quantitative estimate of drug-likeness (QED) is 0.920. The van der Waals surface area contributed by atoms with Crippen molar-refractivity contribution in [1.82, 2.24) is 4.98 Å². The van der Waals surface area contributed by atoms with E-state index in [1.165, 1.54) is 6.26 Å². The lowest BCUT2D eigenvalue weighted by atomic mass is 9.82. The highest BCUT2D eigenvalue weighted by atomic mass is 32.2. The summed E-state index contributed by atoms with van der Waals surface area (Å²) in [5.74, 6) is 0.210. The van der Waals surface area contributed by atoms with Crippen molar-refractivity contribution >= 4 is 9.84 Å². The number of nitrogens with two attached hydrogens (primary N) is 1. The molecule has 1 fully saturated rings. The third kappa shape index (κ3) is 3.34. The molecule has 0 amide bonds. The van der Waals surface area contributed by atoms with Gasteiger partial charge in [0.2, 0.25) is 0 Å². The van der Waals surface area contributed by atoms with E-state index in [9.17, 15) is 8.42 Å². The fourth-order valence-corrected chi connectivity index (χ4v) is 4.16. The summed E-state index contributed by atoms with van der Waals surface area (Å²) in [4.78, 5) is 4.37. The summed E-state index contributed by atoms with van der Waals surface area (Å²) in [6.07, 6.45) is 6.43. The molecule has 106 valence electrons. The zero-order chi connectivity index (χ0) is 14.0. The summed E-state index contributed by atoms with van der Waals surface area (Å²) in [6, 6.07) is 3.73. The van der Waals surface area contributed by atoms with Gasteiger partial charge in [0.05, 0.1) is 17.0 Å². The molecule has 1 aliphatic rings. The molecule has 1 aromatic heterocycles. The Labute approximate surface area is 115 Å². The molecule has 0 aliphatic heterocycles. The van der Waals surface area contributed by atoms with Gasteiger partial charge in [-0.2, -0.15) is 0 Å². The minimum Gasteiger partial charge on any atom is -0.322 e. The van der Waals surface area contributed by atoms with Crippen LogP contribution in [0.4, 0.5) is 0 Å². The summed E-state index contributed by atoms with van der Waals surface area (Å²) in [5.41, 5.74) is 8.30. The molecule has 0 spiro atoms. The van der Waals surface area contributed by atoms with Crippen molar-refractivity contribution in [3.8, 4) is 0 Å². The van der Waals surface area contributed by atoms with Crippen LogP contribution in [0.5, 0.6) is 0 Å². The van der Waals surface area contributed by atoms with Crippen LogP contribution >= 0.6 is 0 Å². The standard InChI is InChI=1S/C14H22N2O2S/c1-10-5-4-8-16-14(10)13(15)11-6-3-7-12(9-11)19(2,17)18/h4-5,8,11-13H,3,6-7,9,15H2,1-2H3. The molecule has 1 aliphatic carbocycles. The van der Waals surface area contributed by atoms with Crippen molar-refractivity contribution < 1.29 is 8.42 Å². The summed E-state index contributed by atoms with van der Waals surface area (Å²) in [7, 11) is -2.96. The van der Waals surface area contributed by atoms with Gasteiger partial charge in [-0.25, -0.2) is 8.42 Å². The molecule has 2 N–H and O–H groups in total. The minimum atomic E-state index is -2.96. The second kappa shape index (κ2) is 5.59. The third-order valence-corrected chi connectivity index (χ3v) is 5.78. The van der Waals surface area contributed by atoms with Crippen molar-refractivity contribution in [3.05, 3.63) is 29.6 Å². The first-order chi connectivity index (χ1) is 8.89. The summed E-state index contributed by atoms with van der Waals surface area (Å²) in [6.45, 7) is 2.00. The molecule has 0 radical (unpaired) electrons. The van der Waals surface area contributed by atoms with Gasteiger partial charge in [0.15, 0.2) is 0 Å². The first kappa shape index (κ1) is 14.5. The fourth-order valence-electron chi connectivity index (χ4n) is 2.97. The molecule has 0 saturated heterocycles. The number of hydrogen-bond acceptors (Lipinski definition) is 4. The Kier molecular flexibility index (Phi) is 4.26. The maximum absolute atomic E-state index is 11.7. The van der Waals surface area contributed by atoms with E-state index in [-0.39, 0.29) is 17.2 Å². The van der Waals surface area contributed by atoms with Gasteiger partial charge in [0, 0.05) is 12.5 Å². The topological polar surface area (TPSA) is 73.0 Å². The predicted molar refractivity (Wildman–Crippen MR) is 76.5 cm³/mol. The van der Waals surface area contributed by atoms with Crippen LogP contribution in [0.2, 0.25) is 0 Å². The highest BCUT2D eigenvalue weighted by Gasteiger charge is 2.33. The Morgan fingerprint density at radius 3 is 2.79 bits per heavy atom. The molecule has 4 nitrogen and oxygen atoms in total. The van der Waals surface area contributed by atoms with Gasteiger partial charge in [-0.15, -0.1) is 0 Å². The van der Waals surface area contributed by atoms with Crippen LogP contribution in [-0.2, 0) is 9.84 Å². The molecular formula is C14H22N2O2S. The molecule has 2 rings (SSSR count). The van der Waals surface area contributed by atoms with Crippen LogP contribution in [0.1, 0.15) is 43.0 Å². The first-order valence-corrected chi connectivity index (χ1v) is 8.71. The Bertz CT molecular complexity index is 542. The smallest absolute Gasteiger partial charge is 0.150 e. The average Bonchev–Trinajstić information content (AvgIpc) is 2.38. The number of hydrogen-bond donors (Lipinski definition) is 1. The van der Waals surface area contributed by atoms with E-state index in [1.807, 2.05) is 19.1 Å². The van der Waals surface area contributed by atoms with E-state index in [0.29, 0.717) is 6.42 Å². The van der Waals surface area contributed by atoms with Crippen molar-refractivity contribution in [2.24, 2.45) is 11.7 Å². The van der Waals surface area contributed by atoms with Gasteiger partial charge < -0.3 is 5.73 Å². The third-order valence-electron chi connectivity index (χ3n) is 4.15. The molecule has 0 bridgehead atoms. The van der Waals surface area contributed by atoms with Crippen LogP contribution in [0.25, 0.3) is 0 Å². The number of nitrogens with zero attached hydrogens (tertiary/aromatic N) is 1. The van der Waals surface area contributed by atoms with Gasteiger partial charge in [-0.05, 0) is 43.7 Å².